The van der Waals surface area contributed by atoms with Gasteiger partial charge in [0.1, 0.15) is 23.7 Å². The van der Waals surface area contributed by atoms with Crippen LogP contribution in [0.2, 0.25) is 0 Å². The van der Waals surface area contributed by atoms with E-state index in [0.717, 1.165) is 4.47 Å². The summed E-state index contributed by atoms with van der Waals surface area (Å²) in [5, 5.41) is 2.82. The second-order valence-corrected chi connectivity index (χ2v) is 6.97. The van der Waals surface area contributed by atoms with Crippen molar-refractivity contribution >= 4 is 27.5 Å². The molecule has 1 amide bonds. The molecule has 9 heteroatoms. The number of amides is 1. The van der Waals surface area contributed by atoms with Gasteiger partial charge in [-0.3, -0.25) is 14.3 Å². The van der Waals surface area contributed by atoms with E-state index >= 15 is 0 Å². The maximum Gasteiger partial charge on any atom is 0.257 e. The van der Waals surface area contributed by atoms with Crippen LogP contribution in [0.5, 0.6) is 11.6 Å². The van der Waals surface area contributed by atoms with Gasteiger partial charge in [0.25, 0.3) is 5.91 Å². The number of ether oxygens (including phenoxy) is 1. The first-order valence-corrected chi connectivity index (χ1v) is 9.40. The number of carbonyl (C=O) groups excluding carboxylic acids is 1. The lowest BCUT2D eigenvalue weighted by Crippen LogP contribution is -2.12. The van der Waals surface area contributed by atoms with Gasteiger partial charge < -0.3 is 10.1 Å². The van der Waals surface area contributed by atoms with Crippen LogP contribution in [0.25, 0.3) is 5.82 Å². The molecule has 4 rings (SSSR count). The molecule has 0 aliphatic carbocycles. The number of carbonyl (C=O) groups is 1. The van der Waals surface area contributed by atoms with E-state index in [0.29, 0.717) is 34.5 Å². The van der Waals surface area contributed by atoms with E-state index < -0.39 is 0 Å². The molecule has 1 N–H and O–H groups in total. The van der Waals surface area contributed by atoms with Crippen molar-refractivity contribution in [2.75, 3.05) is 5.32 Å². The molecule has 8 nitrogen and oxygen atoms in total. The number of hydrogen-bond acceptors (Lipinski definition) is 6. The fourth-order valence-electron chi connectivity index (χ4n) is 2.57. The van der Waals surface area contributed by atoms with E-state index in [1.165, 1.54) is 6.20 Å². The van der Waals surface area contributed by atoms with Gasteiger partial charge in [0, 0.05) is 41.0 Å². The van der Waals surface area contributed by atoms with Gasteiger partial charge in [-0.1, -0.05) is 0 Å². The van der Waals surface area contributed by atoms with Gasteiger partial charge in [-0.05, 0) is 53.2 Å². The summed E-state index contributed by atoms with van der Waals surface area (Å²) in [6.45, 7) is 1.79. The highest BCUT2D eigenvalue weighted by Crippen LogP contribution is 2.23. The summed E-state index contributed by atoms with van der Waals surface area (Å²) < 4.78 is 8.36. The van der Waals surface area contributed by atoms with Gasteiger partial charge in [0.15, 0.2) is 0 Å². The molecule has 0 unspecified atom stereocenters. The van der Waals surface area contributed by atoms with Crippen LogP contribution in [0, 0.1) is 6.92 Å². The first-order chi connectivity index (χ1) is 14.1. The van der Waals surface area contributed by atoms with Crippen molar-refractivity contribution in [3.05, 3.63) is 83.4 Å². The van der Waals surface area contributed by atoms with Crippen LogP contribution >= 0.6 is 15.9 Å². The van der Waals surface area contributed by atoms with Gasteiger partial charge in [-0.2, -0.15) is 4.98 Å². The third kappa shape index (κ3) is 4.64. The van der Waals surface area contributed by atoms with Gasteiger partial charge in [0.05, 0.1) is 5.56 Å². The maximum atomic E-state index is 12.3. The zero-order valence-corrected chi connectivity index (χ0v) is 16.9. The van der Waals surface area contributed by atoms with Crippen LogP contribution in [-0.4, -0.2) is 30.4 Å². The molecule has 3 heterocycles. The Bertz CT molecular complexity index is 1150. The first-order valence-electron chi connectivity index (χ1n) is 8.61. The minimum Gasteiger partial charge on any atom is -0.439 e. The number of aryl methyl sites for hydroxylation is 1. The zero-order chi connectivity index (χ0) is 20.2. The van der Waals surface area contributed by atoms with E-state index in [1.54, 1.807) is 72.8 Å². The summed E-state index contributed by atoms with van der Waals surface area (Å²) in [7, 11) is 0. The average molecular weight is 451 g/mol. The van der Waals surface area contributed by atoms with Crippen molar-refractivity contribution in [2.45, 2.75) is 6.92 Å². The normalized spacial score (nSPS) is 10.6. The van der Waals surface area contributed by atoms with Crippen LogP contribution in [0.15, 0.2) is 72.0 Å². The molecular weight excluding hydrogens is 436 g/mol. The standard InChI is InChI=1S/C20H15BrN6O2/c1-13-24-18(27-7-6-22-12-27)9-19(25-13)29-17-4-2-16(3-5-17)26-20(28)14-8-15(21)11-23-10-14/h2-12H,1H3,(H,26,28). The van der Waals surface area contributed by atoms with Crippen molar-refractivity contribution in [3.63, 3.8) is 0 Å². The Morgan fingerprint density at radius 2 is 1.93 bits per heavy atom. The smallest absolute Gasteiger partial charge is 0.257 e. The number of nitrogens with zero attached hydrogens (tertiary/aromatic N) is 5. The summed E-state index contributed by atoms with van der Waals surface area (Å²) in [6, 6.07) is 10.4. The number of halogens is 1. The number of pyridine rings is 1. The zero-order valence-electron chi connectivity index (χ0n) is 15.3. The molecule has 4 aromatic rings. The second kappa shape index (κ2) is 8.19. The maximum absolute atomic E-state index is 12.3. The van der Waals surface area contributed by atoms with E-state index in [4.69, 9.17) is 4.74 Å². The van der Waals surface area contributed by atoms with E-state index in [-0.39, 0.29) is 5.91 Å². The first kappa shape index (κ1) is 18.8. The van der Waals surface area contributed by atoms with Gasteiger partial charge >= 0.3 is 0 Å². The molecule has 0 saturated carbocycles. The number of imidazole rings is 1. The fraction of sp³-hybridized carbons (Fsp3) is 0.0500. The van der Waals surface area contributed by atoms with Crippen LogP contribution in [-0.2, 0) is 0 Å². The van der Waals surface area contributed by atoms with Crippen molar-refractivity contribution in [2.24, 2.45) is 0 Å². The summed E-state index contributed by atoms with van der Waals surface area (Å²) >= 11 is 3.31. The van der Waals surface area contributed by atoms with Gasteiger partial charge in [-0.25, -0.2) is 9.97 Å². The average Bonchev–Trinajstić information content (AvgIpc) is 3.24. The summed E-state index contributed by atoms with van der Waals surface area (Å²) in [4.78, 5) is 29.0. The molecule has 1 aromatic carbocycles. The highest BCUT2D eigenvalue weighted by molar-refractivity contribution is 9.10. The number of anilines is 1. The van der Waals surface area contributed by atoms with Crippen LogP contribution in [0.4, 0.5) is 5.69 Å². The van der Waals surface area contributed by atoms with Gasteiger partial charge in [-0.15, -0.1) is 0 Å². The molecule has 3 aromatic heterocycles. The Morgan fingerprint density at radius 3 is 2.66 bits per heavy atom. The topological polar surface area (TPSA) is 94.8 Å². The Morgan fingerprint density at radius 1 is 1.10 bits per heavy atom. The third-order valence-electron chi connectivity index (χ3n) is 3.87. The van der Waals surface area contributed by atoms with Crippen LogP contribution in [0.1, 0.15) is 16.2 Å². The predicted octanol–water partition coefficient (Wildman–Crippen LogP) is 4.17. The molecule has 0 spiro atoms. The largest absolute Gasteiger partial charge is 0.439 e. The van der Waals surface area contributed by atoms with E-state index in [2.05, 4.69) is 41.2 Å². The molecule has 0 saturated heterocycles. The molecule has 0 aliphatic rings. The van der Waals surface area contributed by atoms with Crippen molar-refractivity contribution in [1.82, 2.24) is 24.5 Å². The molecule has 0 atom stereocenters. The monoisotopic (exact) mass is 450 g/mol. The summed E-state index contributed by atoms with van der Waals surface area (Å²) in [5.74, 6) is 2.00. The minimum atomic E-state index is -0.246. The van der Waals surface area contributed by atoms with E-state index in [9.17, 15) is 4.79 Å². The highest BCUT2D eigenvalue weighted by atomic mass is 79.9. The highest BCUT2D eigenvalue weighted by Gasteiger charge is 2.09. The third-order valence-corrected chi connectivity index (χ3v) is 4.31. The lowest BCUT2D eigenvalue weighted by Gasteiger charge is -2.09. The Balaban J connectivity index is 1.47. The molecule has 0 bridgehead atoms. The SMILES string of the molecule is Cc1nc(Oc2ccc(NC(=O)c3cncc(Br)c3)cc2)cc(-n2ccnc2)n1. The Hall–Kier alpha value is -3.59. The number of benzene rings is 1. The van der Waals surface area contributed by atoms with Gasteiger partial charge in [0.2, 0.25) is 5.88 Å². The van der Waals surface area contributed by atoms with Crippen LogP contribution < -0.4 is 10.1 Å². The van der Waals surface area contributed by atoms with Crippen molar-refractivity contribution < 1.29 is 9.53 Å². The fourth-order valence-corrected chi connectivity index (χ4v) is 2.94. The number of aromatic nitrogens is 5. The number of rotatable bonds is 5. The number of nitrogens with one attached hydrogen (secondary N) is 1. The lowest BCUT2D eigenvalue weighted by atomic mass is 10.2. The Kier molecular flexibility index (Phi) is 5.30. The minimum absolute atomic E-state index is 0.246. The van der Waals surface area contributed by atoms with Crippen LogP contribution in [0.3, 0.4) is 0 Å². The molecule has 0 aliphatic heterocycles. The second-order valence-electron chi connectivity index (χ2n) is 6.05. The molecular formula is C20H15BrN6O2. The summed E-state index contributed by atoms with van der Waals surface area (Å²) in [6.07, 6.45) is 8.26. The molecule has 0 fully saturated rings. The molecule has 0 radical (unpaired) electrons. The summed E-state index contributed by atoms with van der Waals surface area (Å²) in [5.41, 5.74) is 1.10. The molecule has 144 valence electrons. The molecule has 29 heavy (non-hydrogen) atoms. The predicted molar refractivity (Wildman–Crippen MR) is 110 cm³/mol. The Labute approximate surface area is 174 Å². The van der Waals surface area contributed by atoms with Crippen molar-refractivity contribution in [1.29, 1.82) is 0 Å². The van der Waals surface area contributed by atoms with Crippen molar-refractivity contribution in [3.8, 4) is 17.4 Å². The lowest BCUT2D eigenvalue weighted by molar-refractivity contribution is 0.102. The van der Waals surface area contributed by atoms with E-state index in [1.807, 2.05) is 0 Å². The quantitative estimate of drug-likeness (QED) is 0.490. The number of hydrogen-bond donors (Lipinski definition) is 1.